The molecule has 1 fully saturated rings. The van der Waals surface area contributed by atoms with Crippen molar-refractivity contribution in [3.05, 3.63) is 72.1 Å². The zero-order valence-corrected chi connectivity index (χ0v) is 14.9. The summed E-state index contributed by atoms with van der Waals surface area (Å²) in [6, 6.07) is 13.5. The highest BCUT2D eigenvalue weighted by molar-refractivity contribution is 5.95. The normalized spacial score (nSPS) is 15.6. The molecule has 1 aliphatic heterocycles. The Bertz CT molecular complexity index is 779. The van der Waals surface area contributed by atoms with Crippen LogP contribution >= 0.6 is 0 Å². The van der Waals surface area contributed by atoms with E-state index in [2.05, 4.69) is 10.3 Å². The first kappa shape index (κ1) is 17.9. The molecule has 0 unspecified atom stereocenters. The van der Waals surface area contributed by atoms with Crippen LogP contribution in [0.25, 0.3) is 5.57 Å². The molecule has 0 atom stereocenters. The summed E-state index contributed by atoms with van der Waals surface area (Å²) >= 11 is 0. The second-order valence-corrected chi connectivity index (χ2v) is 6.51. The molecule has 134 valence electrons. The topological polar surface area (TPSA) is 62.3 Å². The van der Waals surface area contributed by atoms with E-state index in [4.69, 9.17) is 0 Å². The number of rotatable bonds is 4. The number of carbonyl (C=O) groups is 2. The molecule has 1 saturated heterocycles. The van der Waals surface area contributed by atoms with Crippen molar-refractivity contribution in [2.24, 2.45) is 0 Å². The lowest BCUT2D eigenvalue weighted by Crippen LogP contribution is -2.46. The summed E-state index contributed by atoms with van der Waals surface area (Å²) in [7, 11) is 0. The van der Waals surface area contributed by atoms with Gasteiger partial charge in [0.25, 0.3) is 5.91 Å². The van der Waals surface area contributed by atoms with E-state index in [1.54, 1.807) is 30.6 Å². The molecule has 5 heteroatoms. The minimum Gasteiger partial charge on any atom is -0.349 e. The van der Waals surface area contributed by atoms with Crippen LogP contribution in [0.4, 0.5) is 0 Å². The lowest BCUT2D eigenvalue weighted by atomic mass is 10.0. The van der Waals surface area contributed by atoms with Crippen molar-refractivity contribution in [2.75, 3.05) is 13.1 Å². The van der Waals surface area contributed by atoms with E-state index in [0.29, 0.717) is 18.7 Å². The molecule has 5 nitrogen and oxygen atoms in total. The molecule has 2 heterocycles. The van der Waals surface area contributed by atoms with Crippen molar-refractivity contribution in [2.45, 2.75) is 25.8 Å². The van der Waals surface area contributed by atoms with Gasteiger partial charge in [-0.2, -0.15) is 0 Å². The summed E-state index contributed by atoms with van der Waals surface area (Å²) in [5.74, 6) is -0.0777. The Labute approximate surface area is 153 Å². The maximum absolute atomic E-state index is 12.5. The van der Waals surface area contributed by atoms with Gasteiger partial charge < -0.3 is 10.2 Å². The number of carbonyl (C=O) groups excluding carboxylic acids is 2. The van der Waals surface area contributed by atoms with E-state index < -0.39 is 0 Å². The molecule has 26 heavy (non-hydrogen) atoms. The zero-order valence-electron chi connectivity index (χ0n) is 14.9. The minimum atomic E-state index is -0.109. The molecule has 0 aliphatic carbocycles. The average Bonchev–Trinajstić information content (AvgIpc) is 2.69. The highest BCUT2D eigenvalue weighted by atomic mass is 16.2. The molecule has 2 amide bonds. The van der Waals surface area contributed by atoms with Gasteiger partial charge in [0, 0.05) is 37.6 Å². The molecule has 0 saturated carbocycles. The summed E-state index contributed by atoms with van der Waals surface area (Å²) in [6.07, 6.45) is 6.42. The molecule has 0 spiro atoms. The third-order valence-electron chi connectivity index (χ3n) is 4.63. The van der Waals surface area contributed by atoms with Crippen LogP contribution in [0.5, 0.6) is 0 Å². The van der Waals surface area contributed by atoms with Gasteiger partial charge in [0.05, 0.1) is 5.56 Å². The smallest absolute Gasteiger partial charge is 0.253 e. The Morgan fingerprint density at radius 3 is 2.42 bits per heavy atom. The average molecular weight is 349 g/mol. The molecule has 2 aromatic rings. The highest BCUT2D eigenvalue weighted by Crippen LogP contribution is 2.16. The highest BCUT2D eigenvalue weighted by Gasteiger charge is 2.23. The van der Waals surface area contributed by atoms with E-state index in [1.165, 1.54) is 0 Å². The number of piperidine rings is 1. The quantitative estimate of drug-likeness (QED) is 0.864. The number of amides is 2. The van der Waals surface area contributed by atoms with Gasteiger partial charge in [0.2, 0.25) is 5.91 Å². The number of benzene rings is 1. The van der Waals surface area contributed by atoms with Crippen LogP contribution in [0.1, 0.15) is 35.7 Å². The first-order valence-electron chi connectivity index (χ1n) is 8.87. The van der Waals surface area contributed by atoms with Crippen LogP contribution in [0.2, 0.25) is 0 Å². The fourth-order valence-corrected chi connectivity index (χ4v) is 3.07. The van der Waals surface area contributed by atoms with E-state index >= 15 is 0 Å². The number of hydrogen-bond donors (Lipinski definition) is 1. The minimum absolute atomic E-state index is 0.0309. The summed E-state index contributed by atoms with van der Waals surface area (Å²) < 4.78 is 0. The predicted octanol–water partition coefficient (Wildman–Crippen LogP) is 2.91. The number of pyridine rings is 1. The van der Waals surface area contributed by atoms with Crippen LogP contribution in [-0.4, -0.2) is 40.8 Å². The number of aromatic nitrogens is 1. The number of allylic oxidation sites excluding steroid dienone is 1. The molecule has 1 N–H and O–H groups in total. The molecule has 3 rings (SSSR count). The molecular formula is C21H23N3O2. The fourth-order valence-electron chi connectivity index (χ4n) is 3.07. The van der Waals surface area contributed by atoms with Crippen molar-refractivity contribution < 1.29 is 9.59 Å². The third-order valence-corrected chi connectivity index (χ3v) is 4.63. The van der Waals surface area contributed by atoms with Crippen molar-refractivity contribution in [3.8, 4) is 0 Å². The largest absolute Gasteiger partial charge is 0.349 e. The Balaban J connectivity index is 1.52. The van der Waals surface area contributed by atoms with Crippen molar-refractivity contribution in [1.29, 1.82) is 0 Å². The van der Waals surface area contributed by atoms with Gasteiger partial charge in [-0.15, -0.1) is 0 Å². The summed E-state index contributed by atoms with van der Waals surface area (Å²) in [5.41, 5.74) is 2.58. The van der Waals surface area contributed by atoms with Crippen LogP contribution in [0.15, 0.2) is 60.9 Å². The number of nitrogens with zero attached hydrogens (tertiary/aromatic N) is 2. The van der Waals surface area contributed by atoms with Crippen LogP contribution in [0.3, 0.4) is 0 Å². The Kier molecular flexibility index (Phi) is 5.79. The SMILES string of the molecule is CC(=CC(=O)N1CCC(NC(=O)c2cccnc2)CC1)c1ccccc1. The monoisotopic (exact) mass is 349 g/mol. The summed E-state index contributed by atoms with van der Waals surface area (Å²) in [5, 5.41) is 3.03. The fraction of sp³-hybridized carbons (Fsp3) is 0.286. The molecule has 0 bridgehead atoms. The van der Waals surface area contributed by atoms with Crippen molar-refractivity contribution >= 4 is 17.4 Å². The van der Waals surface area contributed by atoms with E-state index in [-0.39, 0.29) is 17.9 Å². The maximum atomic E-state index is 12.5. The Morgan fingerprint density at radius 1 is 1.08 bits per heavy atom. The van der Waals surface area contributed by atoms with E-state index in [9.17, 15) is 9.59 Å². The molecule has 0 radical (unpaired) electrons. The van der Waals surface area contributed by atoms with Gasteiger partial charge >= 0.3 is 0 Å². The number of likely N-dealkylation sites (tertiary alicyclic amines) is 1. The van der Waals surface area contributed by atoms with Gasteiger partial charge in [-0.25, -0.2) is 0 Å². The van der Waals surface area contributed by atoms with Gasteiger partial charge in [0.15, 0.2) is 0 Å². The van der Waals surface area contributed by atoms with Crippen molar-refractivity contribution in [1.82, 2.24) is 15.2 Å². The van der Waals surface area contributed by atoms with E-state index in [0.717, 1.165) is 24.0 Å². The van der Waals surface area contributed by atoms with Crippen LogP contribution < -0.4 is 5.32 Å². The van der Waals surface area contributed by atoms with Crippen molar-refractivity contribution in [3.63, 3.8) is 0 Å². The van der Waals surface area contributed by atoms with Gasteiger partial charge in [-0.1, -0.05) is 30.3 Å². The summed E-state index contributed by atoms with van der Waals surface area (Å²) in [6.45, 7) is 3.25. The van der Waals surface area contributed by atoms with Crippen LogP contribution in [0, 0.1) is 0 Å². The van der Waals surface area contributed by atoms with Gasteiger partial charge in [-0.05, 0) is 43.0 Å². The van der Waals surface area contributed by atoms with Crippen LogP contribution in [-0.2, 0) is 4.79 Å². The second-order valence-electron chi connectivity index (χ2n) is 6.51. The first-order valence-corrected chi connectivity index (χ1v) is 8.87. The molecule has 1 aromatic carbocycles. The molecule has 1 aromatic heterocycles. The number of nitrogens with one attached hydrogen (secondary N) is 1. The summed E-state index contributed by atoms with van der Waals surface area (Å²) in [4.78, 5) is 30.5. The first-order chi connectivity index (χ1) is 12.6. The lowest BCUT2D eigenvalue weighted by molar-refractivity contribution is -0.127. The molecular weight excluding hydrogens is 326 g/mol. The zero-order chi connectivity index (χ0) is 18.4. The third kappa shape index (κ3) is 4.57. The predicted molar refractivity (Wildman–Crippen MR) is 101 cm³/mol. The Morgan fingerprint density at radius 2 is 1.77 bits per heavy atom. The standard InChI is InChI=1S/C21H23N3O2/c1-16(17-6-3-2-4-7-17)14-20(25)24-12-9-19(10-13-24)23-21(26)18-8-5-11-22-15-18/h2-8,11,14-15,19H,9-10,12-13H2,1H3,(H,23,26). The molecule has 1 aliphatic rings. The lowest BCUT2D eigenvalue weighted by Gasteiger charge is -2.32. The second kappa shape index (κ2) is 8.43. The maximum Gasteiger partial charge on any atom is 0.253 e. The van der Waals surface area contributed by atoms with E-state index in [1.807, 2.05) is 42.2 Å². The van der Waals surface area contributed by atoms with Gasteiger partial charge in [0.1, 0.15) is 0 Å². The Hall–Kier alpha value is -2.95. The van der Waals surface area contributed by atoms with Gasteiger partial charge in [-0.3, -0.25) is 14.6 Å². The number of hydrogen-bond acceptors (Lipinski definition) is 3.